The number of Topliss-reactive ketones (excluding diaryl/α,β-unsaturated/α-hetero) is 1. The van der Waals surface area contributed by atoms with Crippen LogP contribution in [0.25, 0.3) is 0 Å². The van der Waals surface area contributed by atoms with Crippen LogP contribution in [0.4, 0.5) is 0 Å². The Hall–Kier alpha value is -1.65. The van der Waals surface area contributed by atoms with Gasteiger partial charge in [0.15, 0.2) is 0 Å². The third-order valence-corrected chi connectivity index (χ3v) is 12.9. The second kappa shape index (κ2) is 8.17. The lowest BCUT2D eigenvalue weighted by molar-refractivity contribution is -0.218. The monoisotopic (exact) mass is 498 g/mol. The summed E-state index contributed by atoms with van der Waals surface area (Å²) in [6.45, 7) is 13.3. The lowest BCUT2D eigenvalue weighted by atomic mass is 9.32. The summed E-state index contributed by atoms with van der Waals surface area (Å²) in [6, 6.07) is 0. The molecule has 0 bridgehead atoms. The van der Waals surface area contributed by atoms with Crippen molar-refractivity contribution < 1.29 is 24.2 Å². The summed E-state index contributed by atoms with van der Waals surface area (Å²) < 4.78 is 5.50. The molecule has 0 spiro atoms. The maximum atomic E-state index is 13.3. The van der Waals surface area contributed by atoms with E-state index in [0.717, 1.165) is 57.8 Å². The molecule has 36 heavy (non-hydrogen) atoms. The van der Waals surface area contributed by atoms with Gasteiger partial charge in [-0.25, -0.2) is 0 Å². The van der Waals surface area contributed by atoms with Crippen LogP contribution in [-0.4, -0.2) is 29.4 Å². The summed E-state index contributed by atoms with van der Waals surface area (Å²) in [5.74, 6) is 0.777. The molecule has 1 N–H and O–H groups in total. The van der Waals surface area contributed by atoms with Gasteiger partial charge >= 0.3 is 11.9 Å². The average molecular weight is 499 g/mol. The molecule has 5 nitrogen and oxygen atoms in total. The topological polar surface area (TPSA) is 80.7 Å². The standard InChI is InChI=1S/C31H46O5/c1-19-9-14-31(26(34)35)16-15-29(5)21(22(31)17-19)7-8-24-27(3)12-11-25(33)28(4,18-36-20(2)32)23(27)10-13-30(24,29)6/h17,19,21,23-24H,7-16,18H2,1-6H3,(H,34,35)/t19-,21-,23-,24-,27+,28-,29-,30-,31+/m1/s1. The van der Waals surface area contributed by atoms with Crippen molar-refractivity contribution in [2.75, 3.05) is 6.61 Å². The van der Waals surface area contributed by atoms with Crippen molar-refractivity contribution in [3.63, 3.8) is 0 Å². The van der Waals surface area contributed by atoms with Gasteiger partial charge in [-0.2, -0.15) is 0 Å². The molecule has 0 aromatic heterocycles. The quantitative estimate of drug-likeness (QED) is 0.350. The molecular weight excluding hydrogens is 452 g/mol. The number of carboxylic acids is 1. The van der Waals surface area contributed by atoms with Crippen LogP contribution in [0.1, 0.15) is 106 Å². The fourth-order valence-electron chi connectivity index (χ4n) is 10.6. The van der Waals surface area contributed by atoms with Gasteiger partial charge in [-0.3, -0.25) is 14.4 Å². The highest BCUT2D eigenvalue weighted by Crippen LogP contribution is 2.75. The first-order valence-electron chi connectivity index (χ1n) is 14.4. The third-order valence-electron chi connectivity index (χ3n) is 12.9. The third kappa shape index (κ3) is 3.22. The zero-order chi connectivity index (χ0) is 26.3. The first-order valence-corrected chi connectivity index (χ1v) is 14.4. The van der Waals surface area contributed by atoms with E-state index in [0.29, 0.717) is 24.2 Å². The van der Waals surface area contributed by atoms with E-state index in [1.54, 1.807) is 0 Å². The summed E-state index contributed by atoms with van der Waals surface area (Å²) >= 11 is 0. The smallest absolute Gasteiger partial charge is 0.313 e. The number of carbonyl (C=O) groups excluding carboxylic acids is 2. The molecule has 9 atom stereocenters. The molecule has 0 saturated heterocycles. The lowest BCUT2D eigenvalue weighted by Gasteiger charge is -2.71. The molecule has 0 aromatic carbocycles. The summed E-state index contributed by atoms with van der Waals surface area (Å²) in [4.78, 5) is 37.7. The van der Waals surface area contributed by atoms with E-state index in [9.17, 15) is 19.5 Å². The SMILES string of the molecule is CC(=O)OC[C@@]1(C)C(=O)CC[C@@]2(C)[C@H]1CC[C@]1(C)[C@@H]2CC[C@@H]2C3=C[C@H](C)CC[C@]3(C(=O)O)CC[C@]21C. The molecule has 0 aliphatic heterocycles. The predicted octanol–water partition coefficient (Wildman–Crippen LogP) is 6.59. The van der Waals surface area contributed by atoms with Gasteiger partial charge in [-0.05, 0) is 105 Å². The first kappa shape index (κ1) is 26.0. The number of ether oxygens (including phenoxy) is 1. The molecule has 0 radical (unpaired) electrons. The Bertz CT molecular complexity index is 1010. The number of allylic oxidation sites excluding steroid dienone is 1. The van der Waals surface area contributed by atoms with Gasteiger partial charge in [0.2, 0.25) is 0 Å². The second-order valence-corrected chi connectivity index (χ2v) is 14.3. The van der Waals surface area contributed by atoms with Crippen LogP contribution in [0.3, 0.4) is 0 Å². The van der Waals surface area contributed by atoms with Crippen LogP contribution >= 0.6 is 0 Å². The van der Waals surface area contributed by atoms with E-state index >= 15 is 0 Å². The minimum absolute atomic E-state index is 0.0133. The molecule has 200 valence electrons. The highest BCUT2D eigenvalue weighted by molar-refractivity contribution is 5.86. The van der Waals surface area contributed by atoms with Crippen LogP contribution < -0.4 is 0 Å². The molecule has 0 heterocycles. The van der Waals surface area contributed by atoms with Crippen molar-refractivity contribution >= 4 is 17.7 Å². The molecule has 0 aromatic rings. The van der Waals surface area contributed by atoms with Gasteiger partial charge in [-0.1, -0.05) is 39.3 Å². The summed E-state index contributed by atoms with van der Waals surface area (Å²) in [7, 11) is 0. The maximum Gasteiger partial charge on any atom is 0.313 e. The van der Waals surface area contributed by atoms with Gasteiger partial charge in [-0.15, -0.1) is 0 Å². The van der Waals surface area contributed by atoms with E-state index in [1.165, 1.54) is 12.5 Å². The highest BCUT2D eigenvalue weighted by atomic mass is 16.5. The van der Waals surface area contributed by atoms with Crippen molar-refractivity contribution in [2.24, 2.45) is 50.7 Å². The number of rotatable bonds is 3. The molecule has 4 saturated carbocycles. The Morgan fingerprint density at radius 2 is 1.67 bits per heavy atom. The second-order valence-electron chi connectivity index (χ2n) is 14.3. The molecule has 5 rings (SSSR count). The molecule has 5 aliphatic carbocycles. The van der Waals surface area contributed by atoms with Gasteiger partial charge in [0.25, 0.3) is 0 Å². The van der Waals surface area contributed by atoms with Crippen LogP contribution in [0, 0.1) is 50.7 Å². The molecule has 5 heteroatoms. The normalized spacial score (nSPS) is 50.1. The lowest BCUT2D eigenvalue weighted by Crippen LogP contribution is -2.66. The first-order chi connectivity index (χ1) is 16.7. The molecule has 0 amide bonds. The fourth-order valence-corrected chi connectivity index (χ4v) is 10.6. The Kier molecular flexibility index (Phi) is 5.90. The van der Waals surface area contributed by atoms with Crippen molar-refractivity contribution in [3.8, 4) is 0 Å². The highest BCUT2D eigenvalue weighted by Gasteiger charge is 2.70. The fraction of sp³-hybridized carbons (Fsp3) is 0.839. The van der Waals surface area contributed by atoms with Crippen molar-refractivity contribution in [1.82, 2.24) is 0 Å². The number of fused-ring (bicyclic) bond motifs is 7. The molecule has 5 aliphatic rings. The molecule has 4 fully saturated rings. The molecular formula is C31H46O5. The number of aliphatic carboxylic acids is 1. The van der Waals surface area contributed by atoms with E-state index in [-0.39, 0.29) is 40.5 Å². The zero-order valence-corrected chi connectivity index (χ0v) is 23.2. The van der Waals surface area contributed by atoms with Crippen molar-refractivity contribution in [3.05, 3.63) is 11.6 Å². The van der Waals surface area contributed by atoms with Crippen LogP contribution in [-0.2, 0) is 19.1 Å². The summed E-state index contributed by atoms with van der Waals surface area (Å²) in [5, 5.41) is 10.4. The minimum Gasteiger partial charge on any atom is -0.481 e. The molecule has 0 unspecified atom stereocenters. The van der Waals surface area contributed by atoms with Gasteiger partial charge in [0.1, 0.15) is 12.4 Å². The summed E-state index contributed by atoms with van der Waals surface area (Å²) in [6.07, 6.45) is 11.4. The maximum absolute atomic E-state index is 13.3. The Balaban J connectivity index is 1.53. The zero-order valence-electron chi connectivity index (χ0n) is 23.2. The van der Waals surface area contributed by atoms with Crippen molar-refractivity contribution in [2.45, 2.75) is 106 Å². The van der Waals surface area contributed by atoms with E-state index in [2.05, 4.69) is 33.8 Å². The number of hydrogen-bond donors (Lipinski definition) is 1. The average Bonchev–Trinajstić information content (AvgIpc) is 2.81. The number of ketones is 1. The van der Waals surface area contributed by atoms with Gasteiger partial charge in [0.05, 0.1) is 10.8 Å². The number of carbonyl (C=O) groups is 3. The van der Waals surface area contributed by atoms with Crippen LogP contribution in [0.2, 0.25) is 0 Å². The predicted molar refractivity (Wildman–Crippen MR) is 138 cm³/mol. The van der Waals surface area contributed by atoms with Gasteiger partial charge < -0.3 is 9.84 Å². The van der Waals surface area contributed by atoms with E-state index in [1.807, 2.05) is 6.92 Å². The largest absolute Gasteiger partial charge is 0.481 e. The van der Waals surface area contributed by atoms with E-state index in [4.69, 9.17) is 4.74 Å². The Morgan fingerprint density at radius 3 is 2.33 bits per heavy atom. The number of esters is 1. The Labute approximate surface area is 216 Å². The van der Waals surface area contributed by atoms with E-state index < -0.39 is 16.8 Å². The number of hydrogen-bond acceptors (Lipinski definition) is 4. The number of carboxylic acid groups (broad SMARTS) is 1. The summed E-state index contributed by atoms with van der Waals surface area (Å²) in [5.41, 5.74) is 0.118. The minimum atomic E-state index is -0.666. The van der Waals surface area contributed by atoms with Crippen LogP contribution in [0.15, 0.2) is 11.6 Å². The Morgan fingerprint density at radius 1 is 0.944 bits per heavy atom. The van der Waals surface area contributed by atoms with Crippen molar-refractivity contribution in [1.29, 1.82) is 0 Å². The van der Waals surface area contributed by atoms with Crippen LogP contribution in [0.5, 0.6) is 0 Å². The van der Waals surface area contributed by atoms with Gasteiger partial charge in [0, 0.05) is 13.3 Å².